The zero-order valence-electron chi connectivity index (χ0n) is 24.3. The molecular weight excluding hydrogens is 571 g/mol. The molecule has 7 nitrogen and oxygen atoms in total. The lowest BCUT2D eigenvalue weighted by molar-refractivity contribution is -0.146. The Morgan fingerprint density at radius 2 is 1.59 bits per heavy atom. The number of nitrogens with zero attached hydrogens (tertiary/aromatic N) is 2. The summed E-state index contributed by atoms with van der Waals surface area (Å²) >= 11 is 0. The molecule has 1 aromatic heterocycles. The van der Waals surface area contributed by atoms with Crippen molar-refractivity contribution in [3.63, 3.8) is 0 Å². The van der Waals surface area contributed by atoms with E-state index in [0.717, 1.165) is 17.2 Å². The summed E-state index contributed by atoms with van der Waals surface area (Å²) in [6.45, 7) is 2.28. The first-order valence-electron chi connectivity index (χ1n) is 14.5. The summed E-state index contributed by atoms with van der Waals surface area (Å²) in [7, 11) is 0. The number of rotatable bonds is 11. The summed E-state index contributed by atoms with van der Waals surface area (Å²) in [5.41, 5.74) is -0.469. The van der Waals surface area contributed by atoms with Gasteiger partial charge in [0.15, 0.2) is 17.1 Å². The second kappa shape index (κ2) is 13.3. The van der Waals surface area contributed by atoms with Crippen LogP contribution in [0.1, 0.15) is 22.4 Å². The number of aryl methyl sites for hydroxylation is 1. The minimum Gasteiger partial charge on any atom is -0.490 e. The number of aromatic nitrogens is 1. The van der Waals surface area contributed by atoms with Crippen molar-refractivity contribution < 1.29 is 32.6 Å². The Bertz CT molecular complexity index is 1560. The van der Waals surface area contributed by atoms with Crippen molar-refractivity contribution >= 4 is 22.5 Å². The molecule has 0 radical (unpaired) electrons. The van der Waals surface area contributed by atoms with Crippen LogP contribution in [0.5, 0.6) is 5.75 Å². The number of Topliss-reactive ketones (excluding diaryl/α,β-unsaturated/α-hetero) is 2. The second-order valence-electron chi connectivity index (χ2n) is 11.1. The van der Waals surface area contributed by atoms with Crippen molar-refractivity contribution in [1.29, 1.82) is 0 Å². The van der Waals surface area contributed by atoms with Crippen LogP contribution in [0.25, 0.3) is 10.9 Å². The SMILES string of the molecule is Cc1cc(C(F)(F)F)nc2cccc(OCC(O)CN3CCNCC3(C(=O)Cc3ccccc3)C(=O)Cc3ccccc3)c12. The van der Waals surface area contributed by atoms with Crippen molar-refractivity contribution in [1.82, 2.24) is 15.2 Å². The maximum absolute atomic E-state index is 14.1. The van der Waals surface area contributed by atoms with Gasteiger partial charge >= 0.3 is 6.18 Å². The monoisotopic (exact) mass is 605 g/mol. The van der Waals surface area contributed by atoms with Gasteiger partial charge in [-0.2, -0.15) is 13.2 Å². The number of nitrogens with one attached hydrogen (secondary N) is 1. The molecule has 1 aliphatic rings. The summed E-state index contributed by atoms with van der Waals surface area (Å²) in [4.78, 5) is 33.7. The topological polar surface area (TPSA) is 91.8 Å². The summed E-state index contributed by atoms with van der Waals surface area (Å²) in [6.07, 6.45) is -5.60. The van der Waals surface area contributed by atoms with E-state index in [4.69, 9.17) is 4.74 Å². The predicted molar refractivity (Wildman–Crippen MR) is 160 cm³/mol. The smallest absolute Gasteiger partial charge is 0.433 e. The summed E-state index contributed by atoms with van der Waals surface area (Å²) < 4.78 is 45.9. The largest absolute Gasteiger partial charge is 0.490 e. The highest BCUT2D eigenvalue weighted by molar-refractivity contribution is 6.13. The fourth-order valence-electron chi connectivity index (χ4n) is 5.80. The highest BCUT2D eigenvalue weighted by Gasteiger charge is 2.51. The molecule has 3 aromatic carbocycles. The zero-order valence-corrected chi connectivity index (χ0v) is 24.3. The lowest BCUT2D eigenvalue weighted by Crippen LogP contribution is -2.71. The average Bonchev–Trinajstić information content (AvgIpc) is 3.00. The van der Waals surface area contributed by atoms with Gasteiger partial charge in [0.25, 0.3) is 0 Å². The van der Waals surface area contributed by atoms with E-state index in [9.17, 15) is 27.9 Å². The molecule has 1 saturated heterocycles. The molecule has 0 bridgehead atoms. The predicted octanol–water partition coefficient (Wildman–Crippen LogP) is 4.57. The number of β-amino-alcohol motifs (C(OH)–C–C–N with tert-alkyl or cyclic N) is 1. The molecule has 1 fully saturated rings. The van der Waals surface area contributed by atoms with Gasteiger partial charge in [0.2, 0.25) is 0 Å². The Morgan fingerprint density at radius 3 is 2.18 bits per heavy atom. The van der Waals surface area contributed by atoms with E-state index in [0.29, 0.717) is 24.0 Å². The lowest BCUT2D eigenvalue weighted by Gasteiger charge is -2.46. The third-order valence-corrected chi connectivity index (χ3v) is 7.96. The molecule has 0 aliphatic carbocycles. The normalized spacial score (nSPS) is 16.0. The Morgan fingerprint density at radius 1 is 0.977 bits per heavy atom. The van der Waals surface area contributed by atoms with E-state index in [-0.39, 0.29) is 55.4 Å². The highest BCUT2D eigenvalue weighted by Crippen LogP contribution is 2.34. The maximum atomic E-state index is 14.1. The number of hydrogen-bond donors (Lipinski definition) is 2. The number of fused-ring (bicyclic) bond motifs is 1. The average molecular weight is 606 g/mol. The van der Waals surface area contributed by atoms with Crippen LogP contribution in [0.15, 0.2) is 84.9 Å². The molecule has 5 rings (SSSR count). The number of aliphatic hydroxyl groups is 1. The van der Waals surface area contributed by atoms with Gasteiger partial charge < -0.3 is 15.2 Å². The van der Waals surface area contributed by atoms with Crippen LogP contribution in [0.3, 0.4) is 0 Å². The molecule has 44 heavy (non-hydrogen) atoms. The van der Waals surface area contributed by atoms with Gasteiger partial charge in [0.05, 0.1) is 5.52 Å². The number of ketones is 2. The van der Waals surface area contributed by atoms with Crippen molar-refractivity contribution in [2.24, 2.45) is 0 Å². The molecule has 1 aliphatic heterocycles. The third-order valence-electron chi connectivity index (χ3n) is 7.96. The molecule has 230 valence electrons. The number of pyridine rings is 1. The van der Waals surface area contributed by atoms with Gasteiger partial charge in [-0.15, -0.1) is 0 Å². The molecular formula is C34H34F3N3O4. The first-order valence-corrected chi connectivity index (χ1v) is 14.5. The number of carbonyl (C=O) groups excluding carboxylic acids is 2. The van der Waals surface area contributed by atoms with Crippen molar-refractivity contribution in [2.45, 2.75) is 37.6 Å². The molecule has 1 unspecified atom stereocenters. The lowest BCUT2D eigenvalue weighted by atomic mass is 9.79. The molecule has 1 atom stereocenters. The number of carbonyl (C=O) groups is 2. The number of benzene rings is 3. The number of piperazine rings is 1. The van der Waals surface area contributed by atoms with Crippen LogP contribution in [0.2, 0.25) is 0 Å². The van der Waals surface area contributed by atoms with Crippen LogP contribution in [-0.4, -0.2) is 71.0 Å². The number of hydrogen-bond acceptors (Lipinski definition) is 7. The van der Waals surface area contributed by atoms with E-state index in [1.165, 1.54) is 6.07 Å². The van der Waals surface area contributed by atoms with E-state index >= 15 is 0 Å². The molecule has 0 spiro atoms. The second-order valence-corrected chi connectivity index (χ2v) is 11.1. The number of ether oxygens (including phenoxy) is 1. The molecule has 10 heteroatoms. The van der Waals surface area contributed by atoms with Gasteiger partial charge in [-0.05, 0) is 41.8 Å². The quantitative estimate of drug-likeness (QED) is 0.242. The van der Waals surface area contributed by atoms with Crippen molar-refractivity contribution in [3.8, 4) is 5.75 Å². The van der Waals surface area contributed by atoms with E-state index in [1.807, 2.05) is 60.7 Å². The summed E-state index contributed by atoms with van der Waals surface area (Å²) in [5, 5.41) is 14.8. The Hall–Kier alpha value is -4.12. The first-order chi connectivity index (χ1) is 21.1. The van der Waals surface area contributed by atoms with Gasteiger partial charge in [0, 0.05) is 44.4 Å². The Labute approximate surface area is 253 Å². The molecule has 0 amide bonds. The van der Waals surface area contributed by atoms with Crippen LogP contribution >= 0.6 is 0 Å². The van der Waals surface area contributed by atoms with E-state index in [2.05, 4.69) is 10.3 Å². The Balaban J connectivity index is 1.38. The van der Waals surface area contributed by atoms with Crippen LogP contribution in [0.4, 0.5) is 13.2 Å². The van der Waals surface area contributed by atoms with E-state index in [1.54, 1.807) is 24.0 Å². The number of aliphatic hydroxyl groups excluding tert-OH is 1. The molecule has 2 heterocycles. The fraction of sp³-hybridized carbons (Fsp3) is 0.324. The van der Waals surface area contributed by atoms with Crippen molar-refractivity contribution in [3.05, 3.63) is 107 Å². The van der Waals surface area contributed by atoms with Gasteiger partial charge in [-0.3, -0.25) is 14.5 Å². The van der Waals surface area contributed by atoms with E-state index < -0.39 is 23.5 Å². The molecule has 2 N–H and O–H groups in total. The minimum absolute atomic E-state index is 0.0248. The summed E-state index contributed by atoms with van der Waals surface area (Å²) in [6, 6.07) is 24.1. The van der Waals surface area contributed by atoms with Crippen LogP contribution in [0, 0.1) is 6.92 Å². The van der Waals surface area contributed by atoms with Crippen molar-refractivity contribution in [2.75, 3.05) is 32.8 Å². The fourth-order valence-corrected chi connectivity index (χ4v) is 5.80. The highest BCUT2D eigenvalue weighted by atomic mass is 19.4. The zero-order chi connectivity index (χ0) is 31.3. The standard InChI is InChI=1S/C34H34F3N3O4/c1-23-17-29(34(35,36)37)39-27-13-8-14-28(32(23)27)44-21-26(41)20-40-16-15-38-22-33(40,30(42)18-24-9-4-2-5-10-24)31(43)19-25-11-6-3-7-12-25/h2-14,17,26,38,41H,15-16,18-22H2,1H3. The van der Waals surface area contributed by atoms with Crippen LogP contribution in [-0.2, 0) is 28.6 Å². The molecule has 0 saturated carbocycles. The molecule has 4 aromatic rings. The van der Waals surface area contributed by atoms with Gasteiger partial charge in [0.1, 0.15) is 24.2 Å². The summed E-state index contributed by atoms with van der Waals surface area (Å²) in [5.74, 6) is -0.241. The maximum Gasteiger partial charge on any atom is 0.433 e. The van der Waals surface area contributed by atoms with Gasteiger partial charge in [-0.1, -0.05) is 66.7 Å². The Kier molecular flexibility index (Phi) is 9.43. The van der Waals surface area contributed by atoms with Crippen LogP contribution < -0.4 is 10.1 Å². The number of halogens is 3. The number of alkyl halides is 3. The minimum atomic E-state index is -4.59. The van der Waals surface area contributed by atoms with Gasteiger partial charge in [-0.25, -0.2) is 4.98 Å². The third kappa shape index (κ3) is 6.83. The first kappa shape index (κ1) is 31.3.